The average molecular weight is 364 g/mol. The quantitative estimate of drug-likeness (QED) is 0.452. The second kappa shape index (κ2) is 11.3. The molecule has 0 bridgehead atoms. The summed E-state index contributed by atoms with van der Waals surface area (Å²) in [5, 5.41) is 0. The van der Waals surface area contributed by atoms with Crippen molar-refractivity contribution < 1.29 is 26.2 Å². The maximum atomic E-state index is 4.64. The van der Waals surface area contributed by atoms with E-state index in [0.29, 0.717) is 5.92 Å². The number of hydrogen-bond donors (Lipinski definition) is 0. The van der Waals surface area contributed by atoms with Gasteiger partial charge in [-0.15, -0.1) is 18.0 Å². The van der Waals surface area contributed by atoms with Crippen LogP contribution in [0.1, 0.15) is 37.3 Å². The molecule has 2 aliphatic rings. The fraction of sp³-hybridized carbons (Fsp3) is 0.278. The van der Waals surface area contributed by atoms with Crippen LogP contribution in [-0.2, 0) is 26.2 Å². The molecular weight excluding hydrogens is 343 g/mol. The maximum absolute atomic E-state index is 4.64. The zero-order chi connectivity index (χ0) is 14.1. The molecule has 0 heterocycles. The minimum Gasteiger partial charge on any atom is -0.335 e. The van der Waals surface area contributed by atoms with Gasteiger partial charge in [0.1, 0.15) is 0 Å². The number of halogens is 1. The van der Waals surface area contributed by atoms with Crippen LogP contribution in [0.4, 0.5) is 0 Å². The molecule has 0 aliphatic heterocycles. The molecule has 2 aliphatic carbocycles. The van der Waals surface area contributed by atoms with Crippen LogP contribution in [-0.4, -0.2) is 6.38 Å². The van der Waals surface area contributed by atoms with Gasteiger partial charge in [-0.3, -0.25) is 6.08 Å². The summed E-state index contributed by atoms with van der Waals surface area (Å²) < 4.78 is 0. The molecular formula is C18H21ClZr. The molecule has 104 valence electrons. The van der Waals surface area contributed by atoms with E-state index in [0.717, 1.165) is 6.42 Å². The molecule has 1 unspecified atom stereocenters. The first-order valence-electron chi connectivity index (χ1n) is 6.53. The van der Waals surface area contributed by atoms with E-state index in [2.05, 4.69) is 66.2 Å². The van der Waals surface area contributed by atoms with Gasteiger partial charge in [-0.05, 0) is 17.0 Å². The van der Waals surface area contributed by atoms with E-state index >= 15 is 0 Å². The van der Waals surface area contributed by atoms with Crippen LogP contribution in [0, 0.1) is 12.5 Å². The molecule has 3 rings (SSSR count). The fourth-order valence-corrected chi connectivity index (χ4v) is 2.16. The van der Waals surface area contributed by atoms with Crippen LogP contribution in [0.2, 0.25) is 0 Å². The van der Waals surface area contributed by atoms with Gasteiger partial charge < -0.3 is 6.42 Å². The Balaban J connectivity index is 0.000000540. The van der Waals surface area contributed by atoms with Crippen LogP contribution >= 0.6 is 11.6 Å². The molecule has 0 saturated heterocycles. The molecule has 1 aromatic rings. The summed E-state index contributed by atoms with van der Waals surface area (Å²) in [6, 6.07) is 8.58. The topological polar surface area (TPSA) is 0 Å². The van der Waals surface area contributed by atoms with Gasteiger partial charge in [0.25, 0.3) is 0 Å². The molecule has 0 fully saturated rings. The molecule has 1 atom stereocenters. The molecule has 2 heteroatoms. The second-order valence-corrected chi connectivity index (χ2v) is 4.28. The second-order valence-electron chi connectivity index (χ2n) is 4.28. The Morgan fingerprint density at radius 2 is 1.80 bits per heavy atom. The summed E-state index contributed by atoms with van der Waals surface area (Å²) in [5.41, 5.74) is 4.10. The Hall–Kier alpha value is -0.387. The number of allylic oxidation sites excluding steroid dienone is 5. The van der Waals surface area contributed by atoms with Crippen LogP contribution in [0.25, 0.3) is 6.08 Å². The van der Waals surface area contributed by atoms with Crippen molar-refractivity contribution in [1.82, 2.24) is 0 Å². The van der Waals surface area contributed by atoms with E-state index in [9.17, 15) is 0 Å². The molecule has 1 aromatic carbocycles. The molecule has 0 radical (unpaired) electrons. The van der Waals surface area contributed by atoms with E-state index in [-0.39, 0.29) is 26.2 Å². The summed E-state index contributed by atoms with van der Waals surface area (Å²) in [4.78, 5) is 0. The van der Waals surface area contributed by atoms with Crippen LogP contribution in [0.5, 0.6) is 0 Å². The van der Waals surface area contributed by atoms with E-state index < -0.39 is 0 Å². The largest absolute Gasteiger partial charge is 2.00 e. The molecule has 0 aromatic heterocycles. The van der Waals surface area contributed by atoms with E-state index in [4.69, 9.17) is 0 Å². The predicted octanol–water partition coefficient (Wildman–Crippen LogP) is 5.57. The Morgan fingerprint density at radius 3 is 2.40 bits per heavy atom. The molecule has 0 amide bonds. The summed E-state index contributed by atoms with van der Waals surface area (Å²) in [6.07, 6.45) is 16.7. The molecule has 0 saturated carbocycles. The minimum atomic E-state index is 0. The predicted molar refractivity (Wildman–Crippen MR) is 86.2 cm³/mol. The van der Waals surface area contributed by atoms with Gasteiger partial charge in [0.15, 0.2) is 0 Å². The van der Waals surface area contributed by atoms with Gasteiger partial charge in [0.05, 0.1) is 0 Å². The van der Waals surface area contributed by atoms with E-state index in [1.165, 1.54) is 23.1 Å². The van der Waals surface area contributed by atoms with Gasteiger partial charge in [-0.1, -0.05) is 36.4 Å². The number of rotatable bonds is 1. The van der Waals surface area contributed by atoms with E-state index in [1.54, 1.807) is 0 Å². The van der Waals surface area contributed by atoms with Gasteiger partial charge in [0, 0.05) is 6.38 Å². The molecule has 0 nitrogen and oxygen atoms in total. The zero-order valence-electron chi connectivity index (χ0n) is 12.4. The number of hydrogen-bond acceptors (Lipinski definition) is 0. The van der Waals surface area contributed by atoms with Crippen LogP contribution in [0.3, 0.4) is 0 Å². The Kier molecular flexibility index (Phi) is 11.1. The third-order valence-electron chi connectivity index (χ3n) is 2.86. The van der Waals surface area contributed by atoms with Gasteiger partial charge in [-0.2, -0.15) is 19.9 Å². The zero-order valence-corrected chi connectivity index (χ0v) is 15.6. The first-order valence-corrected chi connectivity index (χ1v) is 7.28. The van der Waals surface area contributed by atoms with Gasteiger partial charge in [-0.25, -0.2) is 11.6 Å². The van der Waals surface area contributed by atoms with Crippen LogP contribution < -0.4 is 0 Å². The first-order chi connectivity index (χ1) is 9.36. The fourth-order valence-electron chi connectivity index (χ4n) is 2.16. The third-order valence-corrected chi connectivity index (χ3v) is 2.86. The number of alkyl halides is 1. The van der Waals surface area contributed by atoms with E-state index in [1.807, 2.05) is 20.3 Å². The number of benzene rings is 1. The van der Waals surface area contributed by atoms with Crippen molar-refractivity contribution in [3.05, 3.63) is 71.7 Å². The number of fused-ring (bicyclic) bond motifs is 1. The minimum absolute atomic E-state index is 0. The van der Waals surface area contributed by atoms with Crippen molar-refractivity contribution in [1.29, 1.82) is 0 Å². The molecule has 20 heavy (non-hydrogen) atoms. The first kappa shape index (κ1) is 19.6. The van der Waals surface area contributed by atoms with Crippen molar-refractivity contribution in [2.24, 2.45) is 0 Å². The third kappa shape index (κ3) is 5.19. The molecule has 0 spiro atoms. The van der Waals surface area contributed by atoms with Gasteiger partial charge in [0.2, 0.25) is 0 Å². The summed E-state index contributed by atoms with van der Waals surface area (Å²) >= 11 is 4.64. The monoisotopic (exact) mass is 362 g/mol. The van der Waals surface area contributed by atoms with Gasteiger partial charge >= 0.3 is 26.2 Å². The standard InChI is InChI=1S/C14H11.C3H7.CH3Cl.Zr/c1-2-6-11(5-1)14-10-9-12-7-3-4-8-13(12)14;1-3-2;1-2;/h1,3-5,7-10,14H,2H2;3H,1-2H3;1H3;/q2*-1;;+2. The summed E-state index contributed by atoms with van der Waals surface area (Å²) in [6.45, 7) is 4.00. The maximum Gasteiger partial charge on any atom is 2.00 e. The smallest absolute Gasteiger partial charge is 0.335 e. The summed E-state index contributed by atoms with van der Waals surface area (Å²) in [7, 11) is 0. The molecule has 0 N–H and O–H groups in total. The van der Waals surface area contributed by atoms with Crippen LogP contribution in [0.15, 0.2) is 48.1 Å². The van der Waals surface area contributed by atoms with Crippen molar-refractivity contribution in [3.8, 4) is 0 Å². The average Bonchev–Trinajstić information content (AvgIpc) is 3.10. The SMILES string of the molecule is CCl.C[CH-]C.[C-]1=C(C2C=Cc3ccccc32)C=CC1.[Zr+2]. The van der Waals surface area contributed by atoms with Crippen molar-refractivity contribution >= 4 is 17.7 Å². The Morgan fingerprint density at radius 1 is 1.15 bits per heavy atom. The Labute approximate surface area is 147 Å². The van der Waals surface area contributed by atoms with Crippen molar-refractivity contribution in [3.63, 3.8) is 0 Å². The summed E-state index contributed by atoms with van der Waals surface area (Å²) in [5.74, 6) is 0.449. The van der Waals surface area contributed by atoms with Crippen molar-refractivity contribution in [2.75, 3.05) is 6.38 Å². The normalized spacial score (nSPS) is 17.0. The van der Waals surface area contributed by atoms with Crippen molar-refractivity contribution in [2.45, 2.75) is 26.2 Å². The Bertz CT molecular complexity index is 472.